The molecule has 1 heterocycles. The standard InChI is InChI=1S/C23H39N7S.HI/c1-6-29(20-12-8-7-9-13-20)17-11-16-26-22(24-4)25-15-10-14-21-27-28-23(31-5)30(21)18-19(2)3;/h7-9,12-13,19H,6,10-11,14-18H2,1-5H3,(H2,24,25,26);1H. The van der Waals surface area contributed by atoms with Gasteiger partial charge < -0.3 is 20.1 Å². The highest BCUT2D eigenvalue weighted by atomic mass is 127. The van der Waals surface area contributed by atoms with Crippen LogP contribution >= 0.6 is 35.7 Å². The first-order valence-corrected chi connectivity index (χ1v) is 12.5. The van der Waals surface area contributed by atoms with Crippen LogP contribution in [0.5, 0.6) is 0 Å². The van der Waals surface area contributed by atoms with Gasteiger partial charge in [0.05, 0.1) is 0 Å². The SMILES string of the molecule is CCN(CCCNC(=NC)NCCCc1nnc(SC)n1CC(C)C)c1ccccc1.I. The Bertz CT molecular complexity index is 780. The molecule has 0 aliphatic carbocycles. The summed E-state index contributed by atoms with van der Waals surface area (Å²) in [6.45, 7) is 11.4. The third kappa shape index (κ3) is 9.56. The predicted octanol–water partition coefficient (Wildman–Crippen LogP) is 4.29. The number of hydrogen-bond donors (Lipinski definition) is 2. The van der Waals surface area contributed by atoms with Gasteiger partial charge in [0.15, 0.2) is 11.1 Å². The zero-order chi connectivity index (χ0) is 22.5. The predicted molar refractivity (Wildman–Crippen MR) is 149 cm³/mol. The largest absolute Gasteiger partial charge is 0.372 e. The second kappa shape index (κ2) is 16.2. The summed E-state index contributed by atoms with van der Waals surface area (Å²) in [4.78, 5) is 6.74. The molecule has 0 atom stereocenters. The van der Waals surface area contributed by atoms with Crippen molar-refractivity contribution in [2.24, 2.45) is 10.9 Å². The number of hydrogen-bond acceptors (Lipinski definition) is 5. The van der Waals surface area contributed by atoms with E-state index in [9.17, 15) is 0 Å². The smallest absolute Gasteiger partial charge is 0.190 e. The zero-order valence-electron chi connectivity index (χ0n) is 20.2. The summed E-state index contributed by atoms with van der Waals surface area (Å²) in [5, 5.41) is 16.6. The minimum atomic E-state index is 0. The molecule has 2 N–H and O–H groups in total. The van der Waals surface area contributed by atoms with Crippen LogP contribution in [0, 0.1) is 5.92 Å². The Balaban J connectivity index is 0.00000512. The van der Waals surface area contributed by atoms with E-state index < -0.39 is 0 Å². The van der Waals surface area contributed by atoms with Gasteiger partial charge in [-0.2, -0.15) is 0 Å². The van der Waals surface area contributed by atoms with Gasteiger partial charge in [-0.3, -0.25) is 4.99 Å². The van der Waals surface area contributed by atoms with Crippen molar-refractivity contribution in [1.82, 2.24) is 25.4 Å². The molecule has 2 rings (SSSR count). The Morgan fingerprint density at radius 2 is 1.81 bits per heavy atom. The summed E-state index contributed by atoms with van der Waals surface area (Å²) < 4.78 is 2.26. The van der Waals surface area contributed by atoms with E-state index in [4.69, 9.17) is 0 Å². The van der Waals surface area contributed by atoms with Gasteiger partial charge in [0.1, 0.15) is 5.82 Å². The van der Waals surface area contributed by atoms with Crippen molar-refractivity contribution in [3.05, 3.63) is 36.2 Å². The maximum Gasteiger partial charge on any atom is 0.190 e. The van der Waals surface area contributed by atoms with Gasteiger partial charge in [0, 0.05) is 51.9 Å². The summed E-state index contributed by atoms with van der Waals surface area (Å²) in [5.74, 6) is 2.51. The molecule has 180 valence electrons. The number of aryl methyl sites for hydroxylation is 1. The normalized spacial score (nSPS) is 11.4. The molecular weight excluding hydrogens is 533 g/mol. The highest BCUT2D eigenvalue weighted by Gasteiger charge is 2.12. The fourth-order valence-corrected chi connectivity index (χ4v) is 3.99. The number of nitrogens with one attached hydrogen (secondary N) is 2. The van der Waals surface area contributed by atoms with Crippen molar-refractivity contribution < 1.29 is 0 Å². The molecule has 2 aromatic rings. The number of halogens is 1. The lowest BCUT2D eigenvalue weighted by molar-refractivity contribution is 0.477. The van der Waals surface area contributed by atoms with Gasteiger partial charge in [0.25, 0.3) is 0 Å². The second-order valence-electron chi connectivity index (χ2n) is 7.91. The van der Waals surface area contributed by atoms with Crippen LogP contribution in [0.15, 0.2) is 40.5 Å². The lowest BCUT2D eigenvalue weighted by Crippen LogP contribution is -2.39. The molecule has 0 bridgehead atoms. The zero-order valence-corrected chi connectivity index (χ0v) is 23.3. The highest BCUT2D eigenvalue weighted by Crippen LogP contribution is 2.16. The van der Waals surface area contributed by atoms with E-state index in [1.54, 1.807) is 11.8 Å². The number of benzene rings is 1. The van der Waals surface area contributed by atoms with Gasteiger partial charge >= 0.3 is 0 Å². The van der Waals surface area contributed by atoms with E-state index >= 15 is 0 Å². The van der Waals surface area contributed by atoms with Crippen LogP contribution in [0.25, 0.3) is 0 Å². The summed E-state index contributed by atoms with van der Waals surface area (Å²) >= 11 is 1.66. The molecule has 0 saturated heterocycles. The first-order valence-electron chi connectivity index (χ1n) is 11.3. The van der Waals surface area contributed by atoms with Crippen molar-refractivity contribution in [2.75, 3.05) is 44.4 Å². The van der Waals surface area contributed by atoms with Crippen molar-refractivity contribution in [3.8, 4) is 0 Å². The van der Waals surface area contributed by atoms with Gasteiger partial charge in [-0.25, -0.2) is 0 Å². The van der Waals surface area contributed by atoms with Gasteiger partial charge in [-0.05, 0) is 44.1 Å². The summed E-state index contributed by atoms with van der Waals surface area (Å²) in [5.41, 5.74) is 1.28. The van der Waals surface area contributed by atoms with E-state index in [1.807, 2.05) is 7.05 Å². The minimum Gasteiger partial charge on any atom is -0.372 e. The first-order chi connectivity index (χ1) is 15.1. The molecule has 0 aliphatic heterocycles. The molecule has 1 aromatic carbocycles. The number of guanidine groups is 1. The molecule has 0 unspecified atom stereocenters. The fourth-order valence-electron chi connectivity index (χ4n) is 3.46. The van der Waals surface area contributed by atoms with Crippen LogP contribution in [0.2, 0.25) is 0 Å². The van der Waals surface area contributed by atoms with E-state index in [0.717, 1.165) is 68.9 Å². The fraction of sp³-hybridized carbons (Fsp3) is 0.609. The number of thioether (sulfide) groups is 1. The molecule has 1 aromatic heterocycles. The molecule has 0 fully saturated rings. The Kier molecular flexibility index (Phi) is 14.4. The van der Waals surface area contributed by atoms with E-state index in [0.29, 0.717) is 5.92 Å². The van der Waals surface area contributed by atoms with Crippen LogP contribution in [-0.4, -0.2) is 60.2 Å². The summed E-state index contributed by atoms with van der Waals surface area (Å²) in [6.07, 6.45) is 5.01. The third-order valence-corrected chi connectivity index (χ3v) is 5.68. The lowest BCUT2D eigenvalue weighted by atomic mass is 10.2. The Morgan fingerprint density at radius 3 is 2.41 bits per heavy atom. The Hall–Kier alpha value is -1.49. The highest BCUT2D eigenvalue weighted by molar-refractivity contribution is 14.0. The average molecular weight is 574 g/mol. The number of aliphatic imine (C=N–C) groups is 1. The first kappa shape index (κ1) is 28.5. The molecule has 0 aliphatic rings. The second-order valence-corrected chi connectivity index (χ2v) is 8.68. The monoisotopic (exact) mass is 573 g/mol. The third-order valence-electron chi connectivity index (χ3n) is 5.02. The van der Waals surface area contributed by atoms with Crippen LogP contribution in [0.4, 0.5) is 5.69 Å². The van der Waals surface area contributed by atoms with Crippen molar-refractivity contribution in [1.29, 1.82) is 0 Å². The Labute approximate surface area is 215 Å². The minimum absolute atomic E-state index is 0. The molecule has 32 heavy (non-hydrogen) atoms. The molecule has 0 spiro atoms. The molecule has 0 radical (unpaired) electrons. The van der Waals surface area contributed by atoms with Gasteiger partial charge in [0.2, 0.25) is 0 Å². The molecule has 9 heteroatoms. The van der Waals surface area contributed by atoms with Crippen LogP contribution in [0.3, 0.4) is 0 Å². The topological polar surface area (TPSA) is 70.4 Å². The lowest BCUT2D eigenvalue weighted by Gasteiger charge is -2.23. The van der Waals surface area contributed by atoms with Crippen molar-refractivity contribution in [2.45, 2.75) is 51.7 Å². The van der Waals surface area contributed by atoms with E-state index in [2.05, 4.69) is 92.6 Å². The quantitative estimate of drug-likeness (QED) is 0.123. The maximum atomic E-state index is 4.40. The molecule has 0 amide bonds. The maximum absolute atomic E-state index is 4.40. The van der Waals surface area contributed by atoms with Crippen LogP contribution < -0.4 is 15.5 Å². The Morgan fingerprint density at radius 1 is 1.12 bits per heavy atom. The number of aromatic nitrogens is 3. The summed E-state index contributed by atoms with van der Waals surface area (Å²) in [7, 11) is 1.82. The van der Waals surface area contributed by atoms with Crippen LogP contribution in [-0.2, 0) is 13.0 Å². The molecule has 7 nitrogen and oxygen atoms in total. The molecular formula is C23H40IN7S. The number of para-hydroxylation sites is 1. The van der Waals surface area contributed by atoms with E-state index in [-0.39, 0.29) is 24.0 Å². The summed E-state index contributed by atoms with van der Waals surface area (Å²) in [6, 6.07) is 10.6. The van der Waals surface area contributed by atoms with Crippen LogP contribution in [0.1, 0.15) is 39.4 Å². The van der Waals surface area contributed by atoms with Gasteiger partial charge in [-0.1, -0.05) is 43.8 Å². The molecule has 0 saturated carbocycles. The van der Waals surface area contributed by atoms with Gasteiger partial charge in [-0.15, -0.1) is 34.2 Å². The van der Waals surface area contributed by atoms with Crippen molar-refractivity contribution >= 4 is 47.4 Å². The number of rotatable bonds is 13. The average Bonchev–Trinajstić information content (AvgIpc) is 3.16. The number of nitrogens with zero attached hydrogens (tertiary/aromatic N) is 5. The number of anilines is 1. The van der Waals surface area contributed by atoms with Crippen molar-refractivity contribution in [3.63, 3.8) is 0 Å². The van der Waals surface area contributed by atoms with E-state index in [1.165, 1.54) is 5.69 Å².